The molecule has 0 saturated carbocycles. The average molecular weight is 375 g/mol. The quantitative estimate of drug-likeness (QED) is 0.496. The van der Waals surface area contributed by atoms with Crippen molar-refractivity contribution in [3.63, 3.8) is 0 Å². The van der Waals surface area contributed by atoms with Crippen molar-refractivity contribution < 1.29 is 9.63 Å². The molecule has 0 aromatic heterocycles. The van der Waals surface area contributed by atoms with Gasteiger partial charge in [0, 0.05) is 11.3 Å². The van der Waals surface area contributed by atoms with Gasteiger partial charge in [0.2, 0.25) is 0 Å². The summed E-state index contributed by atoms with van der Waals surface area (Å²) in [7, 11) is -2.11. The Morgan fingerprint density at radius 1 is 1.23 bits per heavy atom. The van der Waals surface area contributed by atoms with Crippen LogP contribution in [0.15, 0.2) is 23.4 Å². The molecule has 0 saturated heterocycles. The maximum Gasteiger partial charge on any atom is 0.273 e. The Bertz CT molecular complexity index is 702. The predicted octanol–water partition coefficient (Wildman–Crippen LogP) is 5.37. The van der Waals surface area contributed by atoms with Crippen molar-refractivity contribution in [1.29, 1.82) is 0 Å². The van der Waals surface area contributed by atoms with Gasteiger partial charge in [0.05, 0.1) is 0 Å². The number of fused-ring (bicyclic) bond motifs is 1. The van der Waals surface area contributed by atoms with E-state index in [-0.39, 0.29) is 10.9 Å². The molecule has 0 fully saturated rings. The lowest BCUT2D eigenvalue weighted by Crippen LogP contribution is -2.57. The predicted molar refractivity (Wildman–Crippen MR) is 112 cm³/mol. The number of hydrogen-bond donors (Lipinski definition) is 0. The monoisotopic (exact) mass is 374 g/mol. The largest absolute Gasteiger partial charge is 0.395 e. The highest BCUT2D eigenvalue weighted by Gasteiger charge is 2.50. The summed E-state index contributed by atoms with van der Waals surface area (Å²) in [6.45, 7) is 18.1. The molecule has 26 heavy (non-hydrogen) atoms. The van der Waals surface area contributed by atoms with Crippen molar-refractivity contribution in [2.45, 2.75) is 72.5 Å². The number of amides is 1. The van der Waals surface area contributed by atoms with E-state index in [1.807, 2.05) is 19.1 Å². The second-order valence-corrected chi connectivity index (χ2v) is 14.1. The van der Waals surface area contributed by atoms with Gasteiger partial charge in [-0.2, -0.15) is 0 Å². The number of hydrogen-bond acceptors (Lipinski definition) is 3. The average Bonchev–Trinajstić information content (AvgIpc) is 2.82. The molecular weight excluding hydrogens is 340 g/mol. The summed E-state index contributed by atoms with van der Waals surface area (Å²) in [5, 5.41) is 4.24. The first-order valence-corrected chi connectivity index (χ1v) is 12.6. The molecule has 0 spiro atoms. The highest BCUT2D eigenvalue weighted by atomic mass is 28.3. The van der Waals surface area contributed by atoms with Crippen molar-refractivity contribution in [1.82, 2.24) is 0 Å². The Hall–Kier alpha value is -1.62. The van der Waals surface area contributed by atoms with E-state index < -0.39 is 8.24 Å². The van der Waals surface area contributed by atoms with Gasteiger partial charge < -0.3 is 9.40 Å². The van der Waals surface area contributed by atoms with Crippen molar-refractivity contribution in [2.75, 3.05) is 11.2 Å². The molecule has 0 N–H and O–H groups in total. The second kappa shape index (κ2) is 7.55. The summed E-state index contributed by atoms with van der Waals surface area (Å²) in [4.78, 5) is 18.7. The van der Waals surface area contributed by atoms with Crippen LogP contribution in [-0.2, 0) is 16.1 Å². The van der Waals surface area contributed by atoms with Crippen LogP contribution in [-0.4, -0.2) is 26.5 Å². The molecule has 0 aliphatic carbocycles. The van der Waals surface area contributed by atoms with Gasteiger partial charge in [-0.1, -0.05) is 71.1 Å². The number of carbonyl (C=O) groups is 1. The Kier molecular flexibility index (Phi) is 6.01. The zero-order valence-electron chi connectivity index (χ0n) is 17.6. The summed E-state index contributed by atoms with van der Waals surface area (Å²) in [5.74, 6) is 0.623. The van der Waals surface area contributed by atoms with E-state index in [0.717, 1.165) is 24.1 Å². The molecule has 1 amide bonds. The smallest absolute Gasteiger partial charge is 0.273 e. The van der Waals surface area contributed by atoms with Crippen LogP contribution in [0.4, 0.5) is 5.69 Å². The number of benzene rings is 1. The number of oxime groups is 1. The molecule has 2 rings (SSSR count). The van der Waals surface area contributed by atoms with Crippen LogP contribution in [0.2, 0.25) is 18.1 Å². The SMILES string of the molecule is CCO/N=C1/C(=O)N([Si](C)(C)C(C)(C)C)c2c(CCC(C)C)cccc21. The summed E-state index contributed by atoms with van der Waals surface area (Å²) >= 11 is 0. The summed E-state index contributed by atoms with van der Waals surface area (Å²) in [6, 6.07) is 6.22. The molecule has 1 aromatic carbocycles. The van der Waals surface area contributed by atoms with E-state index in [0.29, 0.717) is 18.2 Å². The van der Waals surface area contributed by atoms with Crippen LogP contribution >= 0.6 is 0 Å². The minimum atomic E-state index is -2.11. The third-order valence-corrected chi connectivity index (χ3v) is 10.9. The molecule has 1 aromatic rings. The van der Waals surface area contributed by atoms with Crippen molar-refractivity contribution in [3.05, 3.63) is 29.3 Å². The minimum Gasteiger partial charge on any atom is -0.395 e. The van der Waals surface area contributed by atoms with Gasteiger partial charge in [-0.15, -0.1) is 0 Å². The van der Waals surface area contributed by atoms with Crippen molar-refractivity contribution in [3.8, 4) is 0 Å². The molecule has 144 valence electrons. The lowest BCUT2D eigenvalue weighted by molar-refractivity contribution is -0.111. The number of nitrogens with zero attached hydrogens (tertiary/aromatic N) is 2. The highest BCUT2D eigenvalue weighted by molar-refractivity contribution is 6.90. The molecule has 0 bridgehead atoms. The van der Waals surface area contributed by atoms with Gasteiger partial charge in [0.25, 0.3) is 5.91 Å². The molecular formula is C21H34N2O2Si. The first-order chi connectivity index (χ1) is 12.0. The van der Waals surface area contributed by atoms with E-state index >= 15 is 0 Å². The lowest BCUT2D eigenvalue weighted by atomic mass is 9.99. The lowest BCUT2D eigenvalue weighted by Gasteiger charge is -2.44. The fourth-order valence-corrected chi connectivity index (χ4v) is 5.21. The Morgan fingerprint density at radius 3 is 2.42 bits per heavy atom. The van der Waals surface area contributed by atoms with Crippen LogP contribution in [0.25, 0.3) is 0 Å². The van der Waals surface area contributed by atoms with E-state index in [4.69, 9.17) is 4.84 Å². The van der Waals surface area contributed by atoms with E-state index in [9.17, 15) is 4.79 Å². The van der Waals surface area contributed by atoms with E-state index in [2.05, 4.69) is 63.5 Å². The summed E-state index contributed by atoms with van der Waals surface area (Å²) < 4.78 is 2.09. The standard InChI is InChI=1S/C21H34N2O2Si/c1-9-25-22-18-17-12-10-11-16(14-13-15(2)3)19(17)23(20(18)24)26(7,8)21(4,5)6/h10-12,15H,9,13-14H2,1-8H3/b22-18+. The second-order valence-electron chi connectivity index (χ2n) is 9.05. The van der Waals surface area contributed by atoms with Crippen LogP contribution in [0, 0.1) is 5.92 Å². The van der Waals surface area contributed by atoms with Gasteiger partial charge in [-0.25, -0.2) is 0 Å². The first-order valence-electron chi connectivity index (χ1n) is 9.69. The molecule has 1 aliphatic heterocycles. The molecule has 4 nitrogen and oxygen atoms in total. The number of carbonyl (C=O) groups excluding carboxylic acids is 1. The number of rotatable bonds is 6. The third-order valence-electron chi connectivity index (χ3n) is 5.67. The molecule has 0 radical (unpaired) electrons. The molecule has 0 atom stereocenters. The Labute approximate surface area is 159 Å². The Morgan fingerprint density at radius 2 is 1.88 bits per heavy atom. The van der Waals surface area contributed by atoms with Gasteiger partial charge in [-0.05, 0) is 36.3 Å². The summed E-state index contributed by atoms with van der Waals surface area (Å²) in [6.07, 6.45) is 2.08. The van der Waals surface area contributed by atoms with Gasteiger partial charge in [0.1, 0.15) is 6.61 Å². The van der Waals surface area contributed by atoms with E-state index in [1.54, 1.807) is 0 Å². The van der Waals surface area contributed by atoms with Crippen molar-refractivity contribution in [2.24, 2.45) is 11.1 Å². The number of aryl methyl sites for hydroxylation is 1. The van der Waals surface area contributed by atoms with Crippen LogP contribution in [0.3, 0.4) is 0 Å². The van der Waals surface area contributed by atoms with Gasteiger partial charge in [0.15, 0.2) is 13.9 Å². The normalized spacial score (nSPS) is 16.6. The van der Waals surface area contributed by atoms with Gasteiger partial charge >= 0.3 is 0 Å². The molecule has 1 heterocycles. The summed E-state index contributed by atoms with van der Waals surface area (Å²) in [5.41, 5.74) is 3.70. The first kappa shape index (κ1) is 20.7. The fraction of sp³-hybridized carbons (Fsp3) is 0.619. The zero-order chi connectivity index (χ0) is 19.7. The van der Waals surface area contributed by atoms with E-state index in [1.165, 1.54) is 5.56 Å². The van der Waals surface area contributed by atoms with Crippen LogP contribution in [0.1, 0.15) is 59.1 Å². The minimum absolute atomic E-state index is 0.00274. The molecule has 5 heteroatoms. The Balaban J connectivity index is 2.64. The third kappa shape index (κ3) is 3.73. The number of anilines is 1. The maximum atomic E-state index is 13.4. The number of para-hydroxylation sites is 1. The highest BCUT2D eigenvalue weighted by Crippen LogP contribution is 2.45. The maximum absolute atomic E-state index is 13.4. The molecule has 1 aliphatic rings. The molecule has 0 unspecified atom stereocenters. The van der Waals surface area contributed by atoms with Crippen molar-refractivity contribution >= 4 is 25.5 Å². The van der Waals surface area contributed by atoms with Crippen LogP contribution < -0.4 is 4.57 Å². The fourth-order valence-electron chi connectivity index (χ4n) is 3.10. The zero-order valence-corrected chi connectivity index (χ0v) is 18.6. The topological polar surface area (TPSA) is 41.9 Å². The van der Waals surface area contributed by atoms with Crippen LogP contribution in [0.5, 0.6) is 0 Å². The van der Waals surface area contributed by atoms with Gasteiger partial charge in [-0.3, -0.25) is 4.79 Å².